The molecule has 2 saturated heterocycles. The van der Waals surface area contributed by atoms with Crippen LogP contribution in [0.3, 0.4) is 0 Å². The van der Waals surface area contributed by atoms with Crippen molar-refractivity contribution in [3.05, 3.63) is 0 Å². The Balaban J connectivity index is 1.95. The first-order chi connectivity index (χ1) is 6.13. The molecule has 74 valence electrons. The van der Waals surface area contributed by atoms with Crippen LogP contribution in [-0.4, -0.2) is 12.2 Å². The van der Waals surface area contributed by atoms with Crippen LogP contribution in [0.5, 0.6) is 0 Å². The Bertz CT molecular complexity index is 215. The molecule has 0 radical (unpaired) electrons. The van der Waals surface area contributed by atoms with Gasteiger partial charge in [0.05, 0.1) is 12.0 Å². The van der Waals surface area contributed by atoms with E-state index < -0.39 is 12.0 Å². The monoisotopic (exact) mass is 188 g/mol. The maximum atomic E-state index is 13.4. The van der Waals surface area contributed by atoms with Gasteiger partial charge in [0.1, 0.15) is 0 Å². The molecule has 4 fully saturated rings. The van der Waals surface area contributed by atoms with E-state index in [0.29, 0.717) is 24.7 Å². The highest BCUT2D eigenvalue weighted by atomic mass is 19.3. The lowest BCUT2D eigenvalue weighted by Crippen LogP contribution is -2.32. The first-order valence-corrected chi connectivity index (χ1v) is 5.19. The van der Waals surface area contributed by atoms with Gasteiger partial charge in [-0.3, -0.25) is 0 Å². The molecule has 2 aliphatic carbocycles. The highest BCUT2D eigenvalue weighted by Gasteiger charge is 2.53. The number of halogens is 2. The van der Waals surface area contributed by atoms with Gasteiger partial charge in [0.15, 0.2) is 0 Å². The first-order valence-electron chi connectivity index (χ1n) is 5.19. The van der Waals surface area contributed by atoms with Crippen molar-refractivity contribution in [2.45, 2.75) is 44.3 Å². The summed E-state index contributed by atoms with van der Waals surface area (Å²) in [5.74, 6) is 0.565. The van der Waals surface area contributed by atoms with Crippen LogP contribution in [0.2, 0.25) is 0 Å². The highest BCUT2D eigenvalue weighted by molar-refractivity contribution is 4.93. The average molecular weight is 188 g/mol. The number of alkyl halides is 2. The summed E-state index contributed by atoms with van der Waals surface area (Å²) in [6.45, 7) is 0. The van der Waals surface area contributed by atoms with Crippen LogP contribution >= 0.6 is 0 Å². The van der Waals surface area contributed by atoms with Gasteiger partial charge in [-0.2, -0.15) is 8.78 Å². The van der Waals surface area contributed by atoms with Crippen molar-refractivity contribution in [3.63, 3.8) is 0 Å². The quantitative estimate of drug-likeness (QED) is 0.568. The predicted molar refractivity (Wildman–Crippen MR) is 43.4 cm³/mol. The van der Waals surface area contributed by atoms with E-state index in [1.54, 1.807) is 0 Å². The van der Waals surface area contributed by atoms with Gasteiger partial charge in [-0.25, -0.2) is 0 Å². The Morgan fingerprint density at radius 1 is 0.923 bits per heavy atom. The minimum atomic E-state index is -2.82. The lowest BCUT2D eigenvalue weighted by atomic mass is 9.68. The zero-order valence-electron chi connectivity index (χ0n) is 7.51. The van der Waals surface area contributed by atoms with Crippen molar-refractivity contribution >= 4 is 0 Å². The molecule has 4 aliphatic rings. The van der Waals surface area contributed by atoms with Gasteiger partial charge < -0.3 is 4.74 Å². The molecule has 4 rings (SSSR count). The minimum absolute atomic E-state index is 0.147. The van der Waals surface area contributed by atoms with E-state index >= 15 is 0 Å². The predicted octanol–water partition coefficient (Wildman–Crippen LogP) is 2.80. The maximum absolute atomic E-state index is 13.4. The van der Waals surface area contributed by atoms with Crippen molar-refractivity contribution in [3.8, 4) is 0 Å². The smallest absolute Gasteiger partial charge is 0.317 e. The second-order valence-electron chi connectivity index (χ2n) is 4.91. The molecule has 4 bridgehead atoms. The third-order valence-corrected chi connectivity index (χ3v) is 3.89. The molecule has 2 unspecified atom stereocenters. The molecule has 0 aromatic rings. The molecule has 2 heterocycles. The van der Waals surface area contributed by atoms with E-state index in [1.807, 2.05) is 0 Å². The normalized spacial score (nSPS) is 52.2. The summed E-state index contributed by atoms with van der Waals surface area (Å²) >= 11 is 0. The Labute approximate surface area is 76.5 Å². The van der Waals surface area contributed by atoms with E-state index in [1.165, 1.54) is 6.42 Å². The van der Waals surface area contributed by atoms with Crippen LogP contribution in [0, 0.1) is 17.8 Å². The SMILES string of the molecule is FC1(F)OC2CC3CC(C2)CC1C3. The summed E-state index contributed by atoms with van der Waals surface area (Å²) in [4.78, 5) is 0. The topological polar surface area (TPSA) is 9.23 Å². The highest BCUT2D eigenvalue weighted by Crippen LogP contribution is 2.53. The molecule has 2 aliphatic heterocycles. The van der Waals surface area contributed by atoms with Crippen LogP contribution in [0.1, 0.15) is 32.1 Å². The van der Waals surface area contributed by atoms with Crippen LogP contribution < -0.4 is 0 Å². The molecule has 0 N–H and O–H groups in total. The second kappa shape index (κ2) is 2.44. The number of ether oxygens (including phenoxy) is 1. The molecule has 0 aromatic heterocycles. The number of rotatable bonds is 0. The number of fused-ring (bicyclic) bond motifs is 1. The molecular weight excluding hydrogens is 174 g/mol. The first kappa shape index (κ1) is 8.16. The molecular formula is C10H14F2O. The largest absolute Gasteiger partial charge is 0.358 e. The number of hydrogen-bond acceptors (Lipinski definition) is 1. The van der Waals surface area contributed by atoms with Crippen LogP contribution in [0.4, 0.5) is 8.78 Å². The summed E-state index contributed by atoms with van der Waals surface area (Å²) in [7, 11) is 0. The van der Waals surface area contributed by atoms with E-state index in [2.05, 4.69) is 0 Å². The van der Waals surface area contributed by atoms with Gasteiger partial charge in [-0.15, -0.1) is 0 Å². The van der Waals surface area contributed by atoms with Crippen molar-refractivity contribution in [1.29, 1.82) is 0 Å². The second-order valence-corrected chi connectivity index (χ2v) is 4.91. The zero-order valence-corrected chi connectivity index (χ0v) is 7.51. The summed E-state index contributed by atoms with van der Waals surface area (Å²) in [5, 5.41) is 0. The molecule has 3 heteroatoms. The van der Waals surface area contributed by atoms with E-state index in [4.69, 9.17) is 4.74 Å². The fourth-order valence-electron chi connectivity index (χ4n) is 3.48. The summed E-state index contributed by atoms with van der Waals surface area (Å²) < 4.78 is 31.7. The zero-order chi connectivity index (χ0) is 9.05. The summed E-state index contributed by atoms with van der Waals surface area (Å²) in [6.07, 6.45) is 1.35. The minimum Gasteiger partial charge on any atom is -0.317 e. The Hall–Kier alpha value is -0.180. The Kier molecular flexibility index (Phi) is 1.53. The number of hydrogen-bond donors (Lipinski definition) is 0. The fraction of sp³-hybridized carbons (Fsp3) is 1.00. The summed E-state index contributed by atoms with van der Waals surface area (Å²) in [5.41, 5.74) is 0. The molecule has 2 atom stereocenters. The van der Waals surface area contributed by atoms with Gasteiger partial charge in [0, 0.05) is 0 Å². The van der Waals surface area contributed by atoms with Gasteiger partial charge >= 0.3 is 6.11 Å². The molecule has 1 nitrogen and oxygen atoms in total. The molecule has 0 spiro atoms. The molecule has 0 amide bonds. The van der Waals surface area contributed by atoms with E-state index in [0.717, 1.165) is 12.8 Å². The van der Waals surface area contributed by atoms with Crippen LogP contribution in [0.25, 0.3) is 0 Å². The van der Waals surface area contributed by atoms with Gasteiger partial charge in [0.2, 0.25) is 0 Å². The Morgan fingerprint density at radius 3 is 2.15 bits per heavy atom. The van der Waals surface area contributed by atoms with Crippen molar-refractivity contribution < 1.29 is 13.5 Å². The molecule has 2 saturated carbocycles. The van der Waals surface area contributed by atoms with Gasteiger partial charge in [0.25, 0.3) is 0 Å². The standard InChI is InChI=1S/C10H14F2O/c11-10(12)8-2-6-1-7(3-8)5-9(4-6)13-10/h6-9H,1-5H2. The van der Waals surface area contributed by atoms with Crippen molar-refractivity contribution in [2.24, 2.45) is 17.8 Å². The lowest BCUT2D eigenvalue weighted by molar-refractivity contribution is -0.281. The van der Waals surface area contributed by atoms with Gasteiger partial charge in [-0.1, -0.05) is 0 Å². The van der Waals surface area contributed by atoms with E-state index in [-0.39, 0.29) is 6.10 Å². The van der Waals surface area contributed by atoms with Crippen LogP contribution in [0.15, 0.2) is 0 Å². The van der Waals surface area contributed by atoms with Gasteiger partial charge in [-0.05, 0) is 43.9 Å². The van der Waals surface area contributed by atoms with Crippen molar-refractivity contribution in [1.82, 2.24) is 0 Å². The third-order valence-electron chi connectivity index (χ3n) is 3.89. The third kappa shape index (κ3) is 1.20. The molecule has 13 heavy (non-hydrogen) atoms. The van der Waals surface area contributed by atoms with Crippen LogP contribution in [-0.2, 0) is 4.74 Å². The Morgan fingerprint density at radius 2 is 1.54 bits per heavy atom. The maximum Gasteiger partial charge on any atom is 0.358 e. The fourth-order valence-corrected chi connectivity index (χ4v) is 3.48. The van der Waals surface area contributed by atoms with Crippen molar-refractivity contribution in [2.75, 3.05) is 0 Å². The average Bonchev–Trinajstić information content (AvgIpc) is 2.12. The summed E-state index contributed by atoms with van der Waals surface area (Å²) in [6, 6.07) is 0. The van der Waals surface area contributed by atoms with E-state index in [9.17, 15) is 8.78 Å². The molecule has 0 aromatic carbocycles. The lowest BCUT2D eigenvalue weighted by Gasteiger charge is -2.36.